The lowest BCUT2D eigenvalue weighted by molar-refractivity contribution is -0.938. The molecule has 0 aromatic heterocycles. The molecule has 0 saturated carbocycles. The van der Waals surface area contributed by atoms with Crippen LogP contribution in [0.5, 0.6) is 0 Å². The van der Waals surface area contributed by atoms with E-state index in [0.717, 1.165) is 6.04 Å². The Morgan fingerprint density at radius 1 is 1.21 bits per heavy atom. The second kappa shape index (κ2) is 3.82. The first-order valence-corrected chi connectivity index (χ1v) is 5.96. The summed E-state index contributed by atoms with van der Waals surface area (Å²) < 4.78 is 1.28. The van der Waals surface area contributed by atoms with Gasteiger partial charge in [-0.05, 0) is 41.5 Å². The fourth-order valence-corrected chi connectivity index (χ4v) is 2.56. The SMILES string of the molecule is CC[N+]1(CC)CN(C(C)(C)C)CC1C. The fraction of sp³-hybridized carbons (Fsp3) is 1.00. The Balaban J connectivity index is 2.77. The second-order valence-corrected chi connectivity index (χ2v) is 5.73. The molecule has 1 aliphatic rings. The molecule has 2 nitrogen and oxygen atoms in total. The van der Waals surface area contributed by atoms with Crippen molar-refractivity contribution in [2.45, 2.75) is 53.1 Å². The Labute approximate surface area is 89.5 Å². The third-order valence-corrected chi connectivity index (χ3v) is 4.08. The molecule has 14 heavy (non-hydrogen) atoms. The molecule has 0 bridgehead atoms. The number of likely N-dealkylation sites (N-methyl/N-ethyl adjacent to an activating group) is 1. The van der Waals surface area contributed by atoms with Gasteiger partial charge in [0.2, 0.25) is 0 Å². The minimum absolute atomic E-state index is 0.332. The largest absolute Gasteiger partial charge is 0.308 e. The first-order valence-electron chi connectivity index (χ1n) is 5.96. The topological polar surface area (TPSA) is 3.24 Å². The van der Waals surface area contributed by atoms with E-state index in [4.69, 9.17) is 0 Å². The van der Waals surface area contributed by atoms with Gasteiger partial charge >= 0.3 is 0 Å². The number of hydrogen-bond donors (Lipinski definition) is 0. The standard InChI is InChI=1S/C12H27N2/c1-7-14(8-2)10-13(9-11(14)3)12(4,5)6/h11H,7-10H2,1-6H3/q+1. The molecule has 1 heterocycles. The number of hydrogen-bond acceptors (Lipinski definition) is 1. The van der Waals surface area contributed by atoms with Gasteiger partial charge in [-0.3, -0.25) is 0 Å². The van der Waals surface area contributed by atoms with Gasteiger partial charge in [0.05, 0.1) is 19.6 Å². The normalized spacial score (nSPS) is 28.3. The van der Waals surface area contributed by atoms with E-state index in [9.17, 15) is 0 Å². The quantitative estimate of drug-likeness (QED) is 0.617. The molecule has 0 aliphatic carbocycles. The van der Waals surface area contributed by atoms with E-state index in [1.807, 2.05) is 0 Å². The maximum Gasteiger partial charge on any atom is 0.135 e. The average Bonchev–Trinajstić information content (AvgIpc) is 2.43. The van der Waals surface area contributed by atoms with Crippen LogP contribution in [0.4, 0.5) is 0 Å². The molecule has 2 heteroatoms. The molecular weight excluding hydrogens is 172 g/mol. The van der Waals surface area contributed by atoms with Crippen molar-refractivity contribution in [1.29, 1.82) is 0 Å². The highest BCUT2D eigenvalue weighted by Gasteiger charge is 2.44. The monoisotopic (exact) mass is 199 g/mol. The molecular formula is C12H27N2+. The zero-order chi connectivity index (χ0) is 11.0. The van der Waals surface area contributed by atoms with Gasteiger partial charge in [0.1, 0.15) is 12.7 Å². The molecule has 1 unspecified atom stereocenters. The third-order valence-electron chi connectivity index (χ3n) is 4.08. The summed E-state index contributed by atoms with van der Waals surface area (Å²) in [6.07, 6.45) is 0. The van der Waals surface area contributed by atoms with Gasteiger partial charge in [-0.15, -0.1) is 0 Å². The highest BCUT2D eigenvalue weighted by Crippen LogP contribution is 2.28. The lowest BCUT2D eigenvalue weighted by Gasteiger charge is -2.37. The Morgan fingerprint density at radius 3 is 1.93 bits per heavy atom. The van der Waals surface area contributed by atoms with Crippen molar-refractivity contribution in [2.24, 2.45) is 0 Å². The van der Waals surface area contributed by atoms with E-state index in [0.29, 0.717) is 5.54 Å². The third kappa shape index (κ3) is 1.96. The van der Waals surface area contributed by atoms with E-state index in [1.54, 1.807) is 0 Å². The van der Waals surface area contributed by atoms with Gasteiger partial charge in [-0.1, -0.05) is 0 Å². The average molecular weight is 199 g/mol. The van der Waals surface area contributed by atoms with Crippen LogP contribution < -0.4 is 0 Å². The number of rotatable bonds is 2. The van der Waals surface area contributed by atoms with Crippen molar-refractivity contribution in [2.75, 3.05) is 26.3 Å². The molecule has 0 spiro atoms. The number of nitrogens with zero attached hydrogens (tertiary/aromatic N) is 2. The van der Waals surface area contributed by atoms with Crippen LogP contribution >= 0.6 is 0 Å². The Kier molecular flexibility index (Phi) is 3.27. The van der Waals surface area contributed by atoms with Crippen molar-refractivity contribution >= 4 is 0 Å². The van der Waals surface area contributed by atoms with Crippen LogP contribution in [-0.2, 0) is 0 Å². The predicted octanol–water partition coefficient (Wildman–Crippen LogP) is 2.30. The molecule has 1 saturated heterocycles. The Hall–Kier alpha value is -0.0800. The van der Waals surface area contributed by atoms with Crippen LogP contribution in [0.1, 0.15) is 41.5 Å². The van der Waals surface area contributed by atoms with Crippen molar-refractivity contribution in [3.63, 3.8) is 0 Å². The van der Waals surface area contributed by atoms with E-state index in [-0.39, 0.29) is 0 Å². The van der Waals surface area contributed by atoms with Crippen LogP contribution in [0.3, 0.4) is 0 Å². The van der Waals surface area contributed by atoms with Crippen LogP contribution in [0.2, 0.25) is 0 Å². The van der Waals surface area contributed by atoms with Gasteiger partial charge in [0, 0.05) is 5.54 Å². The molecule has 1 atom stereocenters. The molecule has 1 aliphatic heterocycles. The summed E-state index contributed by atoms with van der Waals surface area (Å²) in [7, 11) is 0. The summed E-state index contributed by atoms with van der Waals surface area (Å²) in [6.45, 7) is 19.1. The molecule has 0 radical (unpaired) electrons. The van der Waals surface area contributed by atoms with E-state index in [1.165, 1.54) is 30.8 Å². The fourth-order valence-electron chi connectivity index (χ4n) is 2.56. The van der Waals surface area contributed by atoms with E-state index < -0.39 is 0 Å². The molecule has 0 N–H and O–H groups in total. The maximum atomic E-state index is 2.63. The Morgan fingerprint density at radius 2 is 1.71 bits per heavy atom. The van der Waals surface area contributed by atoms with Crippen LogP contribution in [-0.4, -0.2) is 47.3 Å². The van der Waals surface area contributed by atoms with Crippen molar-refractivity contribution < 1.29 is 4.48 Å². The molecule has 0 amide bonds. The highest BCUT2D eigenvalue weighted by molar-refractivity contribution is 4.80. The van der Waals surface area contributed by atoms with Crippen LogP contribution in [0.25, 0.3) is 0 Å². The van der Waals surface area contributed by atoms with Crippen molar-refractivity contribution in [3.05, 3.63) is 0 Å². The van der Waals surface area contributed by atoms with Gasteiger partial charge in [0.15, 0.2) is 0 Å². The minimum Gasteiger partial charge on any atom is -0.308 e. The minimum atomic E-state index is 0.332. The van der Waals surface area contributed by atoms with Crippen LogP contribution in [0, 0.1) is 0 Å². The first kappa shape index (κ1) is 12.0. The highest BCUT2D eigenvalue weighted by atomic mass is 15.5. The van der Waals surface area contributed by atoms with Gasteiger partial charge in [-0.2, -0.15) is 0 Å². The summed E-state index contributed by atoms with van der Waals surface area (Å²) in [4.78, 5) is 2.63. The summed E-state index contributed by atoms with van der Waals surface area (Å²) in [5.74, 6) is 0. The molecule has 1 rings (SSSR count). The zero-order valence-electron chi connectivity index (χ0n) is 10.8. The van der Waals surface area contributed by atoms with Crippen molar-refractivity contribution in [3.8, 4) is 0 Å². The first-order chi connectivity index (χ1) is 6.35. The van der Waals surface area contributed by atoms with Gasteiger partial charge < -0.3 is 4.48 Å². The molecule has 0 aromatic rings. The smallest absolute Gasteiger partial charge is 0.135 e. The maximum absolute atomic E-state index is 2.63. The lowest BCUT2D eigenvalue weighted by Crippen LogP contribution is -2.52. The Bertz CT molecular complexity index is 189. The molecule has 0 aromatic carbocycles. The summed E-state index contributed by atoms with van der Waals surface area (Å²) in [5, 5.41) is 0. The lowest BCUT2D eigenvalue weighted by atomic mass is 10.1. The zero-order valence-corrected chi connectivity index (χ0v) is 10.8. The summed E-state index contributed by atoms with van der Waals surface area (Å²) in [6, 6.07) is 0.796. The van der Waals surface area contributed by atoms with Gasteiger partial charge in [0.25, 0.3) is 0 Å². The molecule has 84 valence electrons. The summed E-state index contributed by atoms with van der Waals surface area (Å²) >= 11 is 0. The summed E-state index contributed by atoms with van der Waals surface area (Å²) in [5.41, 5.74) is 0.332. The second-order valence-electron chi connectivity index (χ2n) is 5.73. The molecule has 1 fully saturated rings. The van der Waals surface area contributed by atoms with Crippen LogP contribution in [0.15, 0.2) is 0 Å². The van der Waals surface area contributed by atoms with Crippen molar-refractivity contribution in [1.82, 2.24) is 4.90 Å². The predicted molar refractivity (Wildman–Crippen MR) is 62.1 cm³/mol. The number of quaternary nitrogens is 1. The van der Waals surface area contributed by atoms with E-state index in [2.05, 4.69) is 46.4 Å². The van der Waals surface area contributed by atoms with Gasteiger partial charge in [-0.25, -0.2) is 4.90 Å². The van der Waals surface area contributed by atoms with E-state index >= 15 is 0 Å².